The highest BCUT2D eigenvalue weighted by atomic mass is 35.5. The third-order valence-electron chi connectivity index (χ3n) is 3.86. The van der Waals surface area contributed by atoms with Crippen molar-refractivity contribution < 1.29 is 5.11 Å². The Morgan fingerprint density at radius 1 is 1.00 bits per heavy atom. The van der Waals surface area contributed by atoms with Gasteiger partial charge in [0.05, 0.1) is 11.2 Å². The maximum absolute atomic E-state index is 12.8. The lowest BCUT2D eigenvalue weighted by atomic mass is 10.1. The molecule has 2 N–H and O–H groups in total. The molecule has 4 rings (SSSR count). The number of fused-ring (bicyclic) bond motifs is 2. The van der Waals surface area contributed by atoms with Gasteiger partial charge in [-0.3, -0.25) is 9.59 Å². The van der Waals surface area contributed by atoms with Crippen LogP contribution in [-0.4, -0.2) is 19.9 Å². The molecule has 0 aliphatic carbocycles. The highest BCUT2D eigenvalue weighted by Gasteiger charge is 2.17. The van der Waals surface area contributed by atoms with Crippen molar-refractivity contribution in [3.63, 3.8) is 0 Å². The number of aromatic nitrogens is 3. The van der Waals surface area contributed by atoms with E-state index in [-0.39, 0.29) is 10.9 Å². The Labute approximate surface area is 149 Å². The maximum Gasteiger partial charge on any atom is 0.285 e. The Bertz CT molecular complexity index is 1260. The molecule has 25 heavy (non-hydrogen) atoms. The van der Waals surface area contributed by atoms with Gasteiger partial charge in [-0.1, -0.05) is 23.2 Å². The quantitative estimate of drug-likeness (QED) is 0.501. The second-order valence-electron chi connectivity index (χ2n) is 5.41. The Balaban J connectivity index is 2.15. The summed E-state index contributed by atoms with van der Waals surface area (Å²) in [6.45, 7) is 0. The summed E-state index contributed by atoms with van der Waals surface area (Å²) in [5.74, 6) is -0.469. The van der Waals surface area contributed by atoms with Gasteiger partial charge in [0.2, 0.25) is 5.43 Å². The van der Waals surface area contributed by atoms with E-state index in [4.69, 9.17) is 23.2 Å². The number of halogens is 2. The second kappa shape index (κ2) is 5.61. The van der Waals surface area contributed by atoms with Crippen LogP contribution in [-0.2, 0) is 0 Å². The first-order valence-electron chi connectivity index (χ1n) is 7.19. The Hall–Kier alpha value is -2.83. The molecule has 0 aliphatic rings. The molecule has 8 heteroatoms. The highest BCUT2D eigenvalue weighted by molar-refractivity contribution is 6.31. The standard InChI is InChI=1S/C17H9Cl2N3O3/c18-8-1-4-10(5-2-8)22-17(25)13-14(16(24)21-22)20-12-7-9(19)3-6-11(12)15(13)23/h1-7H,(H,20,23)(H,21,24). The summed E-state index contributed by atoms with van der Waals surface area (Å²) in [7, 11) is 0. The summed E-state index contributed by atoms with van der Waals surface area (Å²) in [5, 5.41) is 15.2. The van der Waals surface area contributed by atoms with Crippen molar-refractivity contribution in [1.29, 1.82) is 0 Å². The normalized spacial score (nSPS) is 11.3. The van der Waals surface area contributed by atoms with E-state index in [2.05, 4.69) is 10.1 Å². The lowest BCUT2D eigenvalue weighted by molar-refractivity contribution is 0.443. The van der Waals surface area contributed by atoms with Crippen molar-refractivity contribution in [2.75, 3.05) is 0 Å². The van der Waals surface area contributed by atoms with E-state index in [1.54, 1.807) is 36.4 Å². The molecule has 4 aromatic rings. The molecule has 0 atom stereocenters. The lowest BCUT2D eigenvalue weighted by Gasteiger charge is -2.09. The zero-order valence-corrected chi connectivity index (χ0v) is 14.0. The predicted molar refractivity (Wildman–Crippen MR) is 97.2 cm³/mol. The van der Waals surface area contributed by atoms with Gasteiger partial charge in [0.25, 0.3) is 11.4 Å². The SMILES string of the molecule is O=c1c2ccc(Cl)cc2[nH]c2c(O)nn(-c3ccc(Cl)cc3)c(=O)c12. The van der Waals surface area contributed by atoms with Crippen LogP contribution in [0.15, 0.2) is 52.1 Å². The minimum Gasteiger partial charge on any atom is -0.491 e. The monoisotopic (exact) mass is 373 g/mol. The van der Waals surface area contributed by atoms with Gasteiger partial charge in [0.1, 0.15) is 10.9 Å². The summed E-state index contributed by atoms with van der Waals surface area (Å²) in [6, 6.07) is 10.9. The van der Waals surface area contributed by atoms with Crippen molar-refractivity contribution in [3.8, 4) is 11.6 Å². The molecule has 0 saturated carbocycles. The first-order valence-corrected chi connectivity index (χ1v) is 7.95. The van der Waals surface area contributed by atoms with Crippen LogP contribution in [0.5, 0.6) is 5.88 Å². The van der Waals surface area contributed by atoms with Crippen LogP contribution in [0.3, 0.4) is 0 Å². The van der Waals surface area contributed by atoms with Crippen molar-refractivity contribution in [2.45, 2.75) is 0 Å². The van der Waals surface area contributed by atoms with Crippen molar-refractivity contribution >= 4 is 45.0 Å². The molecule has 0 spiro atoms. The molecular weight excluding hydrogens is 365 g/mol. The fourth-order valence-electron chi connectivity index (χ4n) is 2.69. The minimum absolute atomic E-state index is 0.0324. The average molecular weight is 374 g/mol. The molecule has 2 aromatic carbocycles. The van der Waals surface area contributed by atoms with E-state index in [0.29, 0.717) is 26.6 Å². The van der Waals surface area contributed by atoms with Crippen molar-refractivity contribution in [1.82, 2.24) is 14.8 Å². The summed E-state index contributed by atoms with van der Waals surface area (Å²) >= 11 is 11.8. The van der Waals surface area contributed by atoms with Crippen LogP contribution in [0.25, 0.3) is 27.5 Å². The zero-order chi connectivity index (χ0) is 17.7. The number of H-pyrrole nitrogens is 1. The van der Waals surface area contributed by atoms with E-state index in [1.807, 2.05) is 0 Å². The highest BCUT2D eigenvalue weighted by Crippen LogP contribution is 2.22. The fourth-order valence-corrected chi connectivity index (χ4v) is 2.99. The van der Waals surface area contributed by atoms with Gasteiger partial charge < -0.3 is 10.1 Å². The molecule has 0 aliphatic heterocycles. The van der Waals surface area contributed by atoms with E-state index in [0.717, 1.165) is 4.68 Å². The number of aromatic hydroxyl groups is 1. The van der Waals surface area contributed by atoms with Gasteiger partial charge in [-0.25, -0.2) is 0 Å². The summed E-state index contributed by atoms with van der Waals surface area (Å²) in [4.78, 5) is 28.4. The number of pyridine rings is 1. The van der Waals surface area contributed by atoms with E-state index >= 15 is 0 Å². The topological polar surface area (TPSA) is 88.0 Å². The summed E-state index contributed by atoms with van der Waals surface area (Å²) < 4.78 is 0.963. The molecule has 124 valence electrons. The molecule has 0 radical (unpaired) electrons. The third-order valence-corrected chi connectivity index (χ3v) is 4.35. The molecule has 0 bridgehead atoms. The van der Waals surface area contributed by atoms with E-state index in [9.17, 15) is 14.7 Å². The molecule has 0 unspecified atom stereocenters. The number of benzene rings is 2. The first kappa shape index (κ1) is 15.7. The Morgan fingerprint density at radius 3 is 2.40 bits per heavy atom. The lowest BCUT2D eigenvalue weighted by Crippen LogP contribution is -2.26. The number of rotatable bonds is 1. The number of hydrogen-bond donors (Lipinski definition) is 2. The molecule has 0 amide bonds. The van der Waals surface area contributed by atoms with Crippen molar-refractivity contribution in [2.24, 2.45) is 0 Å². The number of aromatic amines is 1. The van der Waals surface area contributed by atoms with Crippen LogP contribution in [0.4, 0.5) is 0 Å². The van der Waals surface area contributed by atoms with Gasteiger partial charge in [-0.15, -0.1) is 5.10 Å². The number of hydrogen-bond acceptors (Lipinski definition) is 4. The fraction of sp³-hybridized carbons (Fsp3) is 0. The molecule has 6 nitrogen and oxygen atoms in total. The minimum atomic E-state index is -0.645. The number of nitrogens with one attached hydrogen (secondary N) is 1. The largest absolute Gasteiger partial charge is 0.491 e. The van der Waals surface area contributed by atoms with Crippen LogP contribution < -0.4 is 11.0 Å². The molecule has 0 fully saturated rings. The van der Waals surface area contributed by atoms with Gasteiger partial charge >= 0.3 is 0 Å². The molecule has 2 aromatic heterocycles. The van der Waals surface area contributed by atoms with Gasteiger partial charge in [0, 0.05) is 15.4 Å². The van der Waals surface area contributed by atoms with Crippen molar-refractivity contribution in [3.05, 3.63) is 73.1 Å². The molecule has 0 saturated heterocycles. The molecule has 2 heterocycles. The van der Waals surface area contributed by atoms with E-state index < -0.39 is 16.9 Å². The molecular formula is C17H9Cl2N3O3. The zero-order valence-electron chi connectivity index (χ0n) is 12.5. The summed E-state index contributed by atoms with van der Waals surface area (Å²) in [5.41, 5.74) is -0.401. The maximum atomic E-state index is 12.8. The Kier molecular flexibility index (Phi) is 3.52. The average Bonchev–Trinajstić information content (AvgIpc) is 2.58. The van der Waals surface area contributed by atoms with Crippen LogP contribution in [0.1, 0.15) is 0 Å². The van der Waals surface area contributed by atoms with Crippen LogP contribution >= 0.6 is 23.2 Å². The van der Waals surface area contributed by atoms with Gasteiger partial charge in [-0.05, 0) is 42.5 Å². The van der Waals surface area contributed by atoms with E-state index in [1.165, 1.54) is 6.07 Å². The predicted octanol–water partition coefficient (Wildman–Crippen LogP) is 3.24. The third kappa shape index (κ3) is 2.47. The van der Waals surface area contributed by atoms with Gasteiger partial charge in [0.15, 0.2) is 0 Å². The second-order valence-corrected chi connectivity index (χ2v) is 6.28. The van der Waals surface area contributed by atoms with Crippen LogP contribution in [0, 0.1) is 0 Å². The summed E-state index contributed by atoms with van der Waals surface area (Å²) in [6.07, 6.45) is 0. The van der Waals surface area contributed by atoms with Gasteiger partial charge in [-0.2, -0.15) is 4.68 Å². The smallest absolute Gasteiger partial charge is 0.285 e. The number of nitrogens with zero attached hydrogens (tertiary/aromatic N) is 2. The van der Waals surface area contributed by atoms with Crippen LogP contribution in [0.2, 0.25) is 10.0 Å². The Morgan fingerprint density at radius 2 is 1.68 bits per heavy atom. The first-order chi connectivity index (χ1) is 12.0.